The fourth-order valence-electron chi connectivity index (χ4n) is 2.87. The lowest BCUT2D eigenvalue weighted by molar-refractivity contribution is -0.142. The predicted octanol–water partition coefficient (Wildman–Crippen LogP) is 3.10. The quantitative estimate of drug-likeness (QED) is 0.838. The molecule has 1 fully saturated rings. The van der Waals surface area contributed by atoms with Crippen LogP contribution in [0.4, 0.5) is 4.79 Å². The number of carboxylic acids is 1. The molecule has 0 saturated carbocycles. The molecule has 0 radical (unpaired) electrons. The second kappa shape index (κ2) is 7.66. The molecule has 1 aliphatic rings. The van der Waals surface area contributed by atoms with E-state index in [0.717, 1.165) is 32.2 Å². The molecule has 2 amide bonds. The lowest BCUT2D eigenvalue weighted by Crippen LogP contribution is -2.47. The Morgan fingerprint density at radius 2 is 1.95 bits per heavy atom. The molecule has 0 aromatic heterocycles. The summed E-state index contributed by atoms with van der Waals surface area (Å²) in [6, 6.07) is 0.114. The molecule has 5 nitrogen and oxygen atoms in total. The van der Waals surface area contributed by atoms with Gasteiger partial charge in [0.05, 0.1) is 5.92 Å². The van der Waals surface area contributed by atoms with Crippen molar-refractivity contribution in [2.75, 3.05) is 13.1 Å². The summed E-state index contributed by atoms with van der Waals surface area (Å²) in [4.78, 5) is 25.4. The zero-order valence-corrected chi connectivity index (χ0v) is 13.8. The zero-order chi connectivity index (χ0) is 16.0. The third-order valence-electron chi connectivity index (χ3n) is 4.02. The Hall–Kier alpha value is -1.26. The van der Waals surface area contributed by atoms with E-state index in [2.05, 4.69) is 12.2 Å². The fraction of sp³-hybridized carbons (Fsp3) is 0.875. The molecule has 0 aliphatic carbocycles. The summed E-state index contributed by atoms with van der Waals surface area (Å²) in [6.45, 7) is 9.08. The van der Waals surface area contributed by atoms with E-state index < -0.39 is 11.9 Å². The van der Waals surface area contributed by atoms with E-state index in [-0.39, 0.29) is 24.0 Å². The molecule has 21 heavy (non-hydrogen) atoms. The predicted molar refractivity (Wildman–Crippen MR) is 83.2 cm³/mol. The second-order valence-corrected chi connectivity index (χ2v) is 7.38. The number of carbonyl (C=O) groups excluding carboxylic acids is 1. The molecule has 0 aromatic rings. The number of hydrogen-bond acceptors (Lipinski definition) is 2. The van der Waals surface area contributed by atoms with Crippen LogP contribution in [0.5, 0.6) is 0 Å². The number of likely N-dealkylation sites (tertiary alicyclic amines) is 1. The van der Waals surface area contributed by atoms with Crippen molar-refractivity contribution in [2.24, 2.45) is 11.3 Å². The van der Waals surface area contributed by atoms with Crippen LogP contribution in [0.25, 0.3) is 0 Å². The lowest BCUT2D eigenvalue weighted by Gasteiger charge is -2.29. The fourth-order valence-corrected chi connectivity index (χ4v) is 2.87. The molecule has 1 saturated heterocycles. The molecule has 0 aromatic carbocycles. The lowest BCUT2D eigenvalue weighted by atomic mass is 9.84. The minimum absolute atomic E-state index is 0.0658. The number of amides is 2. The van der Waals surface area contributed by atoms with Gasteiger partial charge in [-0.1, -0.05) is 33.6 Å². The highest BCUT2D eigenvalue weighted by Gasteiger charge is 2.27. The third kappa shape index (κ3) is 6.36. The third-order valence-corrected chi connectivity index (χ3v) is 4.02. The first-order valence-corrected chi connectivity index (χ1v) is 7.98. The standard InChI is InChI=1S/C16H30N2O3/c1-12-8-6-5-7-9-18(12)15(21)17-11-13(14(19)20)10-16(2,3)4/h12-13H,5-11H2,1-4H3,(H,17,21)(H,19,20). The van der Waals surface area contributed by atoms with Crippen molar-refractivity contribution in [1.29, 1.82) is 0 Å². The topological polar surface area (TPSA) is 69.6 Å². The van der Waals surface area contributed by atoms with E-state index >= 15 is 0 Å². The van der Waals surface area contributed by atoms with Crippen LogP contribution < -0.4 is 5.32 Å². The zero-order valence-electron chi connectivity index (χ0n) is 13.8. The minimum atomic E-state index is -0.839. The molecular formula is C16H30N2O3. The van der Waals surface area contributed by atoms with Crippen LogP contribution in [0, 0.1) is 11.3 Å². The molecule has 5 heteroatoms. The van der Waals surface area contributed by atoms with Crippen molar-refractivity contribution in [3.05, 3.63) is 0 Å². The van der Waals surface area contributed by atoms with Crippen molar-refractivity contribution in [3.63, 3.8) is 0 Å². The Morgan fingerprint density at radius 3 is 2.52 bits per heavy atom. The summed E-state index contributed by atoms with van der Waals surface area (Å²) in [5.74, 6) is -1.37. The SMILES string of the molecule is CC1CCCCCN1C(=O)NCC(CC(C)(C)C)C(=O)O. The molecule has 1 rings (SSSR count). The van der Waals surface area contributed by atoms with Gasteiger partial charge in [0.2, 0.25) is 0 Å². The Kier molecular flexibility index (Phi) is 6.49. The number of urea groups is 1. The highest BCUT2D eigenvalue weighted by Crippen LogP contribution is 2.24. The van der Waals surface area contributed by atoms with Gasteiger partial charge in [-0.05, 0) is 31.6 Å². The highest BCUT2D eigenvalue weighted by molar-refractivity contribution is 5.76. The number of aliphatic carboxylic acids is 1. The van der Waals surface area contributed by atoms with Crippen LogP contribution in [0.2, 0.25) is 0 Å². The molecule has 122 valence electrons. The number of rotatable bonds is 4. The van der Waals surface area contributed by atoms with Crippen molar-refractivity contribution in [3.8, 4) is 0 Å². The first-order chi connectivity index (χ1) is 9.70. The smallest absolute Gasteiger partial charge is 0.317 e. The first kappa shape index (κ1) is 17.8. The molecule has 2 N–H and O–H groups in total. The average molecular weight is 298 g/mol. The van der Waals surface area contributed by atoms with Gasteiger partial charge in [0.1, 0.15) is 0 Å². The van der Waals surface area contributed by atoms with E-state index in [1.165, 1.54) is 0 Å². The number of carboxylic acid groups (broad SMARTS) is 1. The molecule has 0 bridgehead atoms. The van der Waals surface area contributed by atoms with Gasteiger partial charge in [-0.25, -0.2) is 4.79 Å². The number of hydrogen-bond donors (Lipinski definition) is 2. The molecule has 0 spiro atoms. The van der Waals surface area contributed by atoms with Crippen LogP contribution >= 0.6 is 0 Å². The molecule has 2 unspecified atom stereocenters. The molecule has 1 aliphatic heterocycles. The van der Waals surface area contributed by atoms with Gasteiger partial charge in [-0.2, -0.15) is 0 Å². The number of nitrogens with zero attached hydrogens (tertiary/aromatic N) is 1. The van der Waals surface area contributed by atoms with Gasteiger partial charge in [0.25, 0.3) is 0 Å². The van der Waals surface area contributed by atoms with Crippen molar-refractivity contribution in [1.82, 2.24) is 10.2 Å². The number of carbonyl (C=O) groups is 2. The van der Waals surface area contributed by atoms with Gasteiger partial charge in [-0.15, -0.1) is 0 Å². The molecule has 1 heterocycles. The maximum Gasteiger partial charge on any atom is 0.317 e. The van der Waals surface area contributed by atoms with E-state index in [1.807, 2.05) is 25.7 Å². The Bertz CT molecular complexity index is 363. The highest BCUT2D eigenvalue weighted by atomic mass is 16.4. The second-order valence-electron chi connectivity index (χ2n) is 7.38. The summed E-state index contributed by atoms with van der Waals surface area (Å²) in [5, 5.41) is 12.1. The molecular weight excluding hydrogens is 268 g/mol. The van der Waals surface area contributed by atoms with E-state index in [1.54, 1.807) is 0 Å². The number of nitrogens with one attached hydrogen (secondary N) is 1. The van der Waals surface area contributed by atoms with E-state index in [9.17, 15) is 14.7 Å². The van der Waals surface area contributed by atoms with Gasteiger partial charge < -0.3 is 15.3 Å². The van der Waals surface area contributed by atoms with E-state index in [0.29, 0.717) is 6.42 Å². The normalized spacial score (nSPS) is 21.5. The first-order valence-electron chi connectivity index (χ1n) is 7.98. The van der Waals surface area contributed by atoms with Crippen molar-refractivity contribution < 1.29 is 14.7 Å². The van der Waals surface area contributed by atoms with Crippen LogP contribution in [0.15, 0.2) is 0 Å². The van der Waals surface area contributed by atoms with Crippen LogP contribution in [-0.4, -0.2) is 41.1 Å². The molecule has 2 atom stereocenters. The van der Waals surface area contributed by atoms with Gasteiger partial charge in [-0.3, -0.25) is 4.79 Å². The van der Waals surface area contributed by atoms with Crippen LogP contribution in [-0.2, 0) is 4.79 Å². The van der Waals surface area contributed by atoms with Gasteiger partial charge in [0, 0.05) is 19.1 Å². The minimum Gasteiger partial charge on any atom is -0.481 e. The monoisotopic (exact) mass is 298 g/mol. The van der Waals surface area contributed by atoms with Crippen LogP contribution in [0.1, 0.15) is 59.8 Å². The maximum absolute atomic E-state index is 12.3. The summed E-state index contributed by atoms with van der Waals surface area (Å²) in [7, 11) is 0. The van der Waals surface area contributed by atoms with Crippen molar-refractivity contribution >= 4 is 12.0 Å². The average Bonchev–Trinajstić information content (AvgIpc) is 2.57. The van der Waals surface area contributed by atoms with Crippen LogP contribution in [0.3, 0.4) is 0 Å². The van der Waals surface area contributed by atoms with Gasteiger partial charge >= 0.3 is 12.0 Å². The summed E-state index contributed by atoms with van der Waals surface area (Å²) < 4.78 is 0. The van der Waals surface area contributed by atoms with Crippen molar-refractivity contribution in [2.45, 2.75) is 65.8 Å². The Labute approximate surface area is 128 Å². The summed E-state index contributed by atoms with van der Waals surface area (Å²) in [5.41, 5.74) is -0.0658. The summed E-state index contributed by atoms with van der Waals surface area (Å²) in [6.07, 6.45) is 4.93. The van der Waals surface area contributed by atoms with E-state index in [4.69, 9.17) is 0 Å². The summed E-state index contributed by atoms with van der Waals surface area (Å²) >= 11 is 0. The Balaban J connectivity index is 2.54. The largest absolute Gasteiger partial charge is 0.481 e. The Morgan fingerprint density at radius 1 is 1.29 bits per heavy atom. The maximum atomic E-state index is 12.3. The van der Waals surface area contributed by atoms with Gasteiger partial charge in [0.15, 0.2) is 0 Å².